The van der Waals surface area contributed by atoms with Gasteiger partial charge in [0.2, 0.25) is 0 Å². The minimum atomic E-state index is 0.292. The molecule has 0 amide bonds. The van der Waals surface area contributed by atoms with E-state index in [0.717, 1.165) is 23.7 Å². The summed E-state index contributed by atoms with van der Waals surface area (Å²) in [6, 6.07) is 0. The fraction of sp³-hybridized carbons (Fsp3) is 1.00. The first-order valence-corrected chi connectivity index (χ1v) is 5.49. The summed E-state index contributed by atoms with van der Waals surface area (Å²) in [5, 5.41) is 0. The van der Waals surface area contributed by atoms with E-state index in [1.54, 1.807) is 0 Å². The Kier molecular flexibility index (Phi) is 1.27. The topological polar surface area (TPSA) is 26.0 Å². The van der Waals surface area contributed by atoms with E-state index >= 15 is 0 Å². The normalized spacial score (nSPS) is 62.5. The van der Waals surface area contributed by atoms with Crippen molar-refractivity contribution in [2.75, 3.05) is 0 Å². The van der Waals surface area contributed by atoms with E-state index in [-0.39, 0.29) is 0 Å². The van der Waals surface area contributed by atoms with Gasteiger partial charge in [-0.25, -0.2) is 0 Å². The lowest BCUT2D eigenvalue weighted by molar-refractivity contribution is 0.257. The van der Waals surface area contributed by atoms with Gasteiger partial charge in [0, 0.05) is 5.54 Å². The van der Waals surface area contributed by atoms with Crippen molar-refractivity contribution in [1.82, 2.24) is 0 Å². The van der Waals surface area contributed by atoms with Crippen LogP contribution >= 0.6 is 0 Å². The van der Waals surface area contributed by atoms with Crippen LogP contribution in [0.5, 0.6) is 0 Å². The Morgan fingerprint density at radius 3 is 2.42 bits per heavy atom. The zero-order valence-electron chi connectivity index (χ0n) is 7.92. The number of hydrogen-bond donors (Lipinski definition) is 1. The highest BCUT2D eigenvalue weighted by Crippen LogP contribution is 2.59. The maximum Gasteiger partial charge on any atom is 0.0215 e. The number of hydrogen-bond acceptors (Lipinski definition) is 1. The third kappa shape index (κ3) is 0.783. The average molecular weight is 165 g/mol. The second-order valence-electron chi connectivity index (χ2n) is 5.50. The van der Waals surface area contributed by atoms with Crippen LogP contribution in [0.4, 0.5) is 0 Å². The second kappa shape index (κ2) is 2.06. The van der Waals surface area contributed by atoms with Gasteiger partial charge in [0.05, 0.1) is 0 Å². The molecule has 0 heterocycles. The molecule has 3 rings (SSSR count). The van der Waals surface area contributed by atoms with Crippen molar-refractivity contribution >= 4 is 0 Å². The summed E-state index contributed by atoms with van der Waals surface area (Å²) in [6.07, 6.45) is 7.27. The molecule has 3 aliphatic carbocycles. The minimum absolute atomic E-state index is 0.292. The Balaban J connectivity index is 1.79. The molecule has 0 aromatic rings. The quantitative estimate of drug-likeness (QED) is 0.633. The number of fused-ring (bicyclic) bond motifs is 2. The predicted octanol–water partition coefficient (Wildman–Crippen LogP) is 2.16. The van der Waals surface area contributed by atoms with Crippen LogP contribution in [0.15, 0.2) is 0 Å². The fourth-order valence-electron chi connectivity index (χ4n) is 3.89. The van der Waals surface area contributed by atoms with E-state index < -0.39 is 0 Å². The molecule has 3 fully saturated rings. The van der Waals surface area contributed by atoms with Crippen molar-refractivity contribution < 1.29 is 0 Å². The summed E-state index contributed by atoms with van der Waals surface area (Å²) in [6.45, 7) is 2.33. The van der Waals surface area contributed by atoms with Gasteiger partial charge in [0.25, 0.3) is 0 Å². The van der Waals surface area contributed by atoms with Gasteiger partial charge in [-0.1, -0.05) is 13.3 Å². The third-order valence-corrected chi connectivity index (χ3v) is 4.85. The third-order valence-electron chi connectivity index (χ3n) is 4.85. The largest absolute Gasteiger partial charge is 0.325 e. The maximum absolute atomic E-state index is 6.38. The summed E-state index contributed by atoms with van der Waals surface area (Å²) in [5.41, 5.74) is 6.67. The van der Waals surface area contributed by atoms with Crippen LogP contribution in [-0.4, -0.2) is 5.54 Å². The molecule has 2 N–H and O–H groups in total. The highest BCUT2D eigenvalue weighted by atomic mass is 14.9. The highest BCUT2D eigenvalue weighted by molar-refractivity contribution is 5.14. The summed E-state index contributed by atoms with van der Waals surface area (Å²) in [7, 11) is 0. The molecule has 0 aliphatic heterocycles. The van der Waals surface area contributed by atoms with Crippen LogP contribution < -0.4 is 5.73 Å². The fourth-order valence-corrected chi connectivity index (χ4v) is 3.89. The first kappa shape index (κ1) is 7.37. The second-order valence-corrected chi connectivity index (χ2v) is 5.50. The smallest absolute Gasteiger partial charge is 0.0215 e. The van der Waals surface area contributed by atoms with E-state index in [1.807, 2.05) is 0 Å². The van der Waals surface area contributed by atoms with E-state index in [0.29, 0.717) is 5.54 Å². The number of nitrogens with two attached hydrogens (primary N) is 1. The van der Waals surface area contributed by atoms with E-state index in [2.05, 4.69) is 6.92 Å². The van der Waals surface area contributed by atoms with Gasteiger partial charge >= 0.3 is 0 Å². The molecule has 68 valence electrons. The van der Waals surface area contributed by atoms with Gasteiger partial charge in [-0.15, -0.1) is 0 Å². The van der Waals surface area contributed by atoms with Crippen molar-refractivity contribution in [3.63, 3.8) is 0 Å². The zero-order valence-corrected chi connectivity index (χ0v) is 7.92. The molecule has 12 heavy (non-hydrogen) atoms. The standard InChI is InChI=1S/C11H19N/c1-7-6-11(7,12)10-5-8-2-3-9(10)4-8/h7-10H,2-6,12H2,1H3. The van der Waals surface area contributed by atoms with Crippen molar-refractivity contribution in [2.45, 2.75) is 44.6 Å². The van der Waals surface area contributed by atoms with Crippen molar-refractivity contribution in [1.29, 1.82) is 0 Å². The van der Waals surface area contributed by atoms with E-state index in [1.165, 1.54) is 32.1 Å². The molecule has 3 aliphatic rings. The monoisotopic (exact) mass is 165 g/mol. The molecular formula is C11H19N. The Bertz CT molecular complexity index is 213. The zero-order chi connectivity index (χ0) is 8.34. The SMILES string of the molecule is CC1CC1(N)C1CC2CCC1C2. The first-order valence-electron chi connectivity index (χ1n) is 5.49. The summed E-state index contributed by atoms with van der Waals surface area (Å²) in [4.78, 5) is 0. The summed E-state index contributed by atoms with van der Waals surface area (Å²) < 4.78 is 0. The van der Waals surface area contributed by atoms with E-state index in [9.17, 15) is 0 Å². The van der Waals surface area contributed by atoms with E-state index in [4.69, 9.17) is 5.73 Å². The summed E-state index contributed by atoms with van der Waals surface area (Å²) in [5.74, 6) is 3.81. The highest BCUT2D eigenvalue weighted by Gasteiger charge is 2.58. The van der Waals surface area contributed by atoms with Crippen LogP contribution in [-0.2, 0) is 0 Å². The van der Waals surface area contributed by atoms with Crippen molar-refractivity contribution in [3.05, 3.63) is 0 Å². The molecule has 2 bridgehead atoms. The van der Waals surface area contributed by atoms with Crippen LogP contribution in [0.25, 0.3) is 0 Å². The Hall–Kier alpha value is -0.0400. The van der Waals surface area contributed by atoms with Gasteiger partial charge in [-0.2, -0.15) is 0 Å². The minimum Gasteiger partial charge on any atom is -0.325 e. The lowest BCUT2D eigenvalue weighted by Gasteiger charge is -2.28. The molecule has 0 saturated heterocycles. The Morgan fingerprint density at radius 1 is 1.25 bits per heavy atom. The van der Waals surface area contributed by atoms with Gasteiger partial charge in [-0.3, -0.25) is 0 Å². The van der Waals surface area contributed by atoms with Crippen LogP contribution in [0.1, 0.15) is 39.0 Å². The van der Waals surface area contributed by atoms with Gasteiger partial charge in [0.1, 0.15) is 0 Å². The van der Waals surface area contributed by atoms with Crippen LogP contribution in [0, 0.1) is 23.7 Å². The molecule has 0 aromatic carbocycles. The molecule has 0 radical (unpaired) electrons. The molecule has 3 saturated carbocycles. The Labute approximate surface area is 74.7 Å². The average Bonchev–Trinajstić information content (AvgIpc) is 2.55. The molecule has 1 heteroatoms. The number of rotatable bonds is 1. The van der Waals surface area contributed by atoms with Gasteiger partial charge in [0.15, 0.2) is 0 Å². The van der Waals surface area contributed by atoms with Crippen molar-refractivity contribution in [2.24, 2.45) is 29.4 Å². The van der Waals surface area contributed by atoms with Gasteiger partial charge < -0.3 is 5.73 Å². The molecule has 1 nitrogen and oxygen atoms in total. The molecule has 0 spiro atoms. The molecule has 5 unspecified atom stereocenters. The van der Waals surface area contributed by atoms with Crippen molar-refractivity contribution in [3.8, 4) is 0 Å². The molecule has 0 aromatic heterocycles. The van der Waals surface area contributed by atoms with Crippen LogP contribution in [0.3, 0.4) is 0 Å². The Morgan fingerprint density at radius 2 is 2.00 bits per heavy atom. The first-order chi connectivity index (χ1) is 5.70. The van der Waals surface area contributed by atoms with Crippen LogP contribution in [0.2, 0.25) is 0 Å². The summed E-state index contributed by atoms with van der Waals surface area (Å²) >= 11 is 0. The van der Waals surface area contributed by atoms with Gasteiger partial charge in [-0.05, 0) is 49.4 Å². The maximum atomic E-state index is 6.38. The predicted molar refractivity (Wildman–Crippen MR) is 49.6 cm³/mol. The lowest BCUT2D eigenvalue weighted by Crippen LogP contribution is -2.37. The molecular weight excluding hydrogens is 146 g/mol. The molecule has 5 atom stereocenters. The lowest BCUT2D eigenvalue weighted by atomic mass is 9.81.